The SMILES string of the molecule is NC1CCC2CN(C(=O)c3nc(-c4cccs4)n(-c4ccc(F)cc4)n3)CC12. The summed E-state index contributed by atoms with van der Waals surface area (Å²) in [7, 11) is 0. The van der Waals surface area contributed by atoms with Crippen LogP contribution in [0.15, 0.2) is 41.8 Å². The van der Waals surface area contributed by atoms with Crippen LogP contribution in [-0.4, -0.2) is 44.7 Å². The molecule has 8 heteroatoms. The van der Waals surface area contributed by atoms with E-state index >= 15 is 0 Å². The second kappa shape index (κ2) is 6.79. The van der Waals surface area contributed by atoms with Crippen LogP contribution in [0.25, 0.3) is 16.4 Å². The van der Waals surface area contributed by atoms with E-state index in [1.807, 2.05) is 22.4 Å². The van der Waals surface area contributed by atoms with Gasteiger partial charge >= 0.3 is 0 Å². The molecule has 2 N–H and O–H groups in total. The molecule has 0 spiro atoms. The number of nitrogens with two attached hydrogens (primary N) is 1. The van der Waals surface area contributed by atoms with Gasteiger partial charge in [-0.15, -0.1) is 16.4 Å². The summed E-state index contributed by atoms with van der Waals surface area (Å²) in [4.78, 5) is 20.4. The molecule has 28 heavy (non-hydrogen) atoms. The molecule has 2 aromatic heterocycles. The van der Waals surface area contributed by atoms with E-state index in [-0.39, 0.29) is 23.6 Å². The number of hydrogen-bond donors (Lipinski definition) is 1. The monoisotopic (exact) mass is 397 g/mol. The summed E-state index contributed by atoms with van der Waals surface area (Å²) in [5, 5.41) is 6.44. The second-order valence-electron chi connectivity index (χ2n) is 7.50. The summed E-state index contributed by atoms with van der Waals surface area (Å²) < 4.78 is 15.0. The van der Waals surface area contributed by atoms with E-state index in [2.05, 4.69) is 10.1 Å². The average molecular weight is 397 g/mol. The van der Waals surface area contributed by atoms with E-state index < -0.39 is 0 Å². The first-order valence-electron chi connectivity index (χ1n) is 9.42. The van der Waals surface area contributed by atoms with Crippen LogP contribution < -0.4 is 5.73 Å². The third-order valence-corrected chi connectivity index (χ3v) is 6.68. The Kier molecular flexibility index (Phi) is 4.25. The molecule has 2 fully saturated rings. The summed E-state index contributed by atoms with van der Waals surface area (Å²) >= 11 is 1.52. The maximum atomic E-state index is 13.3. The Morgan fingerprint density at radius 1 is 1.18 bits per heavy atom. The topological polar surface area (TPSA) is 77.0 Å². The molecule has 3 aromatic rings. The number of carbonyl (C=O) groups is 1. The highest BCUT2D eigenvalue weighted by atomic mass is 32.1. The van der Waals surface area contributed by atoms with Crippen molar-refractivity contribution < 1.29 is 9.18 Å². The zero-order valence-electron chi connectivity index (χ0n) is 15.2. The van der Waals surface area contributed by atoms with Gasteiger partial charge in [0.25, 0.3) is 5.91 Å². The van der Waals surface area contributed by atoms with E-state index in [0.717, 1.165) is 24.3 Å². The maximum absolute atomic E-state index is 13.3. The maximum Gasteiger partial charge on any atom is 0.293 e. The van der Waals surface area contributed by atoms with Gasteiger partial charge in [-0.3, -0.25) is 4.79 Å². The Balaban J connectivity index is 1.49. The third kappa shape index (κ3) is 2.93. The van der Waals surface area contributed by atoms with Crippen molar-refractivity contribution in [3.8, 4) is 16.4 Å². The number of hydrogen-bond acceptors (Lipinski definition) is 5. The van der Waals surface area contributed by atoms with Gasteiger partial charge in [0.05, 0.1) is 10.6 Å². The molecule has 1 saturated heterocycles. The van der Waals surface area contributed by atoms with Crippen LogP contribution >= 0.6 is 11.3 Å². The van der Waals surface area contributed by atoms with Crippen LogP contribution in [0.3, 0.4) is 0 Å². The number of rotatable bonds is 3. The van der Waals surface area contributed by atoms with Crippen LogP contribution in [0.2, 0.25) is 0 Å². The largest absolute Gasteiger partial charge is 0.335 e. The molecule has 1 aliphatic carbocycles. The zero-order valence-corrected chi connectivity index (χ0v) is 16.0. The first-order valence-corrected chi connectivity index (χ1v) is 10.3. The van der Waals surface area contributed by atoms with E-state index in [4.69, 9.17) is 5.73 Å². The first-order chi connectivity index (χ1) is 13.6. The zero-order chi connectivity index (χ0) is 19.3. The number of aromatic nitrogens is 3. The quantitative estimate of drug-likeness (QED) is 0.737. The molecule has 1 aromatic carbocycles. The van der Waals surface area contributed by atoms with E-state index in [1.54, 1.807) is 16.8 Å². The average Bonchev–Trinajstić information content (AvgIpc) is 3.47. The molecule has 0 radical (unpaired) electrons. The number of nitrogens with zero attached hydrogens (tertiary/aromatic N) is 4. The molecule has 0 bridgehead atoms. The van der Waals surface area contributed by atoms with Crippen molar-refractivity contribution >= 4 is 17.2 Å². The van der Waals surface area contributed by atoms with Crippen LogP contribution in [0, 0.1) is 17.7 Å². The number of carbonyl (C=O) groups excluding carboxylic acids is 1. The second-order valence-corrected chi connectivity index (χ2v) is 8.45. The molecule has 1 aliphatic heterocycles. The van der Waals surface area contributed by atoms with Crippen LogP contribution in [-0.2, 0) is 0 Å². The Bertz CT molecular complexity index is 1000. The van der Waals surface area contributed by atoms with Crippen molar-refractivity contribution in [2.24, 2.45) is 17.6 Å². The Morgan fingerprint density at radius 3 is 2.71 bits per heavy atom. The highest BCUT2D eigenvalue weighted by molar-refractivity contribution is 7.13. The third-order valence-electron chi connectivity index (χ3n) is 5.81. The summed E-state index contributed by atoms with van der Waals surface area (Å²) in [5.74, 6) is 1.12. The predicted molar refractivity (Wildman–Crippen MR) is 105 cm³/mol. The number of thiophene rings is 1. The van der Waals surface area contributed by atoms with Crippen molar-refractivity contribution in [3.63, 3.8) is 0 Å². The first kappa shape index (κ1) is 17.5. The highest BCUT2D eigenvalue weighted by Crippen LogP contribution is 2.37. The van der Waals surface area contributed by atoms with Crippen molar-refractivity contribution in [2.45, 2.75) is 18.9 Å². The minimum Gasteiger partial charge on any atom is -0.335 e. The van der Waals surface area contributed by atoms with Gasteiger partial charge in [0.2, 0.25) is 5.82 Å². The summed E-state index contributed by atoms with van der Waals surface area (Å²) in [6, 6.07) is 10.0. The number of halogens is 1. The Morgan fingerprint density at radius 2 is 2.00 bits per heavy atom. The lowest BCUT2D eigenvalue weighted by Crippen LogP contribution is -2.34. The van der Waals surface area contributed by atoms with Gasteiger partial charge in [-0.05, 0) is 60.4 Å². The van der Waals surface area contributed by atoms with E-state index in [9.17, 15) is 9.18 Å². The van der Waals surface area contributed by atoms with Gasteiger partial charge < -0.3 is 10.6 Å². The minimum atomic E-state index is -0.321. The summed E-state index contributed by atoms with van der Waals surface area (Å²) in [6.45, 7) is 1.39. The van der Waals surface area contributed by atoms with Gasteiger partial charge in [-0.25, -0.2) is 14.1 Å². The smallest absolute Gasteiger partial charge is 0.293 e. The molecule has 3 heterocycles. The predicted octanol–water partition coefficient (Wildman–Crippen LogP) is 2.94. The molecule has 1 saturated carbocycles. The van der Waals surface area contributed by atoms with Crippen molar-refractivity contribution in [3.05, 3.63) is 53.4 Å². The number of amides is 1. The lowest BCUT2D eigenvalue weighted by Gasteiger charge is -2.16. The van der Waals surface area contributed by atoms with Crippen molar-refractivity contribution in [1.29, 1.82) is 0 Å². The van der Waals surface area contributed by atoms with Gasteiger partial charge in [0, 0.05) is 19.1 Å². The van der Waals surface area contributed by atoms with Gasteiger partial charge in [0.15, 0.2) is 5.82 Å². The molecule has 3 atom stereocenters. The number of fused-ring (bicyclic) bond motifs is 1. The van der Waals surface area contributed by atoms with Gasteiger partial charge in [-0.2, -0.15) is 0 Å². The van der Waals surface area contributed by atoms with Crippen LogP contribution in [0.5, 0.6) is 0 Å². The normalized spacial score (nSPS) is 23.9. The fraction of sp³-hybridized carbons (Fsp3) is 0.350. The highest BCUT2D eigenvalue weighted by Gasteiger charge is 2.43. The molecule has 3 unspecified atom stereocenters. The van der Waals surface area contributed by atoms with E-state index in [0.29, 0.717) is 29.9 Å². The molecular weight excluding hydrogens is 377 g/mol. The minimum absolute atomic E-state index is 0.166. The fourth-order valence-electron chi connectivity index (χ4n) is 4.35. The molecular formula is C20H20FN5OS. The van der Waals surface area contributed by atoms with Crippen LogP contribution in [0.1, 0.15) is 23.5 Å². The lowest BCUT2D eigenvalue weighted by molar-refractivity contribution is 0.0767. The lowest BCUT2D eigenvalue weighted by atomic mass is 9.98. The van der Waals surface area contributed by atoms with Crippen molar-refractivity contribution in [1.82, 2.24) is 19.7 Å². The molecule has 6 nitrogen and oxygen atoms in total. The molecule has 2 aliphatic rings. The summed E-state index contributed by atoms with van der Waals surface area (Å²) in [6.07, 6.45) is 2.12. The number of benzene rings is 1. The standard InChI is InChI=1S/C20H20FN5OS/c21-13-4-6-14(7-5-13)26-19(17-2-1-9-28-17)23-18(24-26)20(27)25-10-12-3-8-16(22)15(12)11-25/h1-2,4-7,9,12,15-16H,3,8,10-11,22H2. The van der Waals surface area contributed by atoms with E-state index in [1.165, 1.54) is 23.5 Å². The van der Waals surface area contributed by atoms with Gasteiger partial charge in [-0.1, -0.05) is 6.07 Å². The fourth-order valence-corrected chi connectivity index (χ4v) is 5.04. The Hall–Kier alpha value is -2.58. The molecule has 144 valence electrons. The number of likely N-dealkylation sites (tertiary alicyclic amines) is 1. The van der Waals surface area contributed by atoms with Crippen LogP contribution in [0.4, 0.5) is 4.39 Å². The van der Waals surface area contributed by atoms with Crippen molar-refractivity contribution in [2.75, 3.05) is 13.1 Å². The molecule has 1 amide bonds. The summed E-state index contributed by atoms with van der Waals surface area (Å²) in [5.41, 5.74) is 6.86. The Labute approximate surface area is 165 Å². The molecule has 5 rings (SSSR count). The van der Waals surface area contributed by atoms with Gasteiger partial charge in [0.1, 0.15) is 5.82 Å².